The van der Waals surface area contributed by atoms with E-state index in [1.54, 1.807) is 30.3 Å². The number of hydrogen-bond acceptors (Lipinski definition) is 1. The van der Waals surface area contributed by atoms with Crippen LogP contribution in [0.15, 0.2) is 35.3 Å². The van der Waals surface area contributed by atoms with Gasteiger partial charge in [-0.25, -0.2) is 9.21 Å². The molecule has 0 bridgehead atoms. The molecule has 6 heteroatoms. The number of urea groups is 1. The fraction of sp³-hybridized carbons (Fsp3) is 0. The van der Waals surface area contributed by atoms with Crippen LogP contribution in [0, 0.1) is 0 Å². The molecule has 1 aromatic rings. The lowest BCUT2D eigenvalue weighted by molar-refractivity contribution is 0.257. The molecule has 1 rings (SSSR count). The van der Waals surface area contributed by atoms with Crippen molar-refractivity contribution in [1.29, 1.82) is 0 Å². The van der Waals surface area contributed by atoms with Gasteiger partial charge in [-0.2, -0.15) is 4.99 Å². The first-order chi connectivity index (χ1) is 6.61. The Hall–Kier alpha value is -1.75. The van der Waals surface area contributed by atoms with Gasteiger partial charge in [-0.3, -0.25) is 0 Å². The van der Waals surface area contributed by atoms with Gasteiger partial charge in [0, 0.05) is 11.8 Å². The Labute approximate surface area is 86.1 Å². The van der Waals surface area contributed by atoms with Crippen LogP contribution in [0.2, 0.25) is 0 Å². The number of nitrogens with zero attached hydrogens (tertiary/aromatic N) is 2. The van der Waals surface area contributed by atoms with E-state index in [9.17, 15) is 4.79 Å². The molecular formula is C8H9ClN4O. The van der Waals surface area contributed by atoms with Crippen molar-refractivity contribution in [3.63, 3.8) is 0 Å². The summed E-state index contributed by atoms with van der Waals surface area (Å²) in [7, 11) is 0. The number of anilines is 1. The first-order valence-electron chi connectivity index (χ1n) is 3.76. The molecule has 0 saturated heterocycles. The third kappa shape index (κ3) is 2.63. The summed E-state index contributed by atoms with van der Waals surface area (Å²) in [6.07, 6.45) is 0. The van der Waals surface area contributed by atoms with E-state index in [0.29, 0.717) is 5.69 Å². The summed E-state index contributed by atoms with van der Waals surface area (Å²) >= 11 is 5.67. The van der Waals surface area contributed by atoms with E-state index in [1.165, 1.54) is 0 Å². The Morgan fingerprint density at radius 3 is 2.36 bits per heavy atom. The standard InChI is InChI=1S/C8H9ClN4O/c9-13(8(14)12-7(10)11)6-4-2-1-3-5-6/h1-5H,(H4,10,11,12,14). The molecule has 0 aliphatic heterocycles. The maximum atomic E-state index is 11.2. The van der Waals surface area contributed by atoms with E-state index < -0.39 is 6.03 Å². The van der Waals surface area contributed by atoms with E-state index in [4.69, 9.17) is 23.2 Å². The molecule has 74 valence electrons. The lowest BCUT2D eigenvalue weighted by Crippen LogP contribution is -2.27. The number of carbonyl (C=O) groups is 1. The third-order valence-corrected chi connectivity index (χ3v) is 1.72. The first kappa shape index (κ1) is 10.3. The maximum absolute atomic E-state index is 11.2. The maximum Gasteiger partial charge on any atom is 0.366 e. The van der Waals surface area contributed by atoms with Gasteiger partial charge in [0.25, 0.3) is 0 Å². The molecule has 2 amide bonds. The highest BCUT2D eigenvalue weighted by molar-refractivity contribution is 6.37. The van der Waals surface area contributed by atoms with Crippen LogP contribution in [0.5, 0.6) is 0 Å². The number of nitrogens with two attached hydrogens (primary N) is 2. The van der Waals surface area contributed by atoms with E-state index >= 15 is 0 Å². The van der Waals surface area contributed by atoms with Gasteiger partial charge in [-0.1, -0.05) is 18.2 Å². The topological polar surface area (TPSA) is 84.7 Å². The normalized spacial score (nSPS) is 9.21. The lowest BCUT2D eigenvalue weighted by Gasteiger charge is -2.09. The van der Waals surface area contributed by atoms with Crippen LogP contribution in [0.1, 0.15) is 0 Å². The van der Waals surface area contributed by atoms with E-state index in [-0.39, 0.29) is 5.96 Å². The van der Waals surface area contributed by atoms with Gasteiger partial charge in [0.2, 0.25) is 0 Å². The number of amides is 2. The van der Waals surface area contributed by atoms with E-state index in [0.717, 1.165) is 4.42 Å². The summed E-state index contributed by atoms with van der Waals surface area (Å²) in [5.74, 6) is -0.323. The predicted molar refractivity (Wildman–Crippen MR) is 56.0 cm³/mol. The van der Waals surface area contributed by atoms with Crippen molar-refractivity contribution in [3.8, 4) is 0 Å². The number of hydrogen-bond donors (Lipinski definition) is 2. The number of benzene rings is 1. The molecule has 5 nitrogen and oxygen atoms in total. The Morgan fingerprint density at radius 1 is 1.29 bits per heavy atom. The molecule has 4 N–H and O–H groups in total. The quantitative estimate of drug-likeness (QED) is 0.414. The van der Waals surface area contributed by atoms with Gasteiger partial charge in [0.15, 0.2) is 5.96 Å². The highest BCUT2D eigenvalue weighted by Crippen LogP contribution is 2.16. The lowest BCUT2D eigenvalue weighted by atomic mass is 10.3. The molecule has 0 aliphatic rings. The fourth-order valence-electron chi connectivity index (χ4n) is 0.824. The number of aliphatic imine (C=N–C) groups is 1. The van der Waals surface area contributed by atoms with Crippen molar-refractivity contribution in [1.82, 2.24) is 0 Å². The van der Waals surface area contributed by atoms with Gasteiger partial charge >= 0.3 is 6.03 Å². The minimum absolute atomic E-state index is 0.323. The summed E-state index contributed by atoms with van der Waals surface area (Å²) in [6.45, 7) is 0. The zero-order valence-corrected chi connectivity index (χ0v) is 7.98. The molecule has 0 fully saturated rings. The Kier molecular flexibility index (Phi) is 3.30. The molecular weight excluding hydrogens is 204 g/mol. The molecule has 0 atom stereocenters. The average molecular weight is 213 g/mol. The minimum atomic E-state index is -0.724. The fourth-order valence-corrected chi connectivity index (χ4v) is 0.974. The summed E-state index contributed by atoms with van der Waals surface area (Å²) in [4.78, 5) is 14.5. The molecule has 0 aliphatic carbocycles. The number of halogens is 1. The van der Waals surface area contributed by atoms with Crippen molar-refractivity contribution in [2.75, 3.05) is 4.42 Å². The van der Waals surface area contributed by atoms with Crippen LogP contribution < -0.4 is 15.9 Å². The highest BCUT2D eigenvalue weighted by atomic mass is 35.5. The van der Waals surface area contributed by atoms with E-state index in [2.05, 4.69) is 4.99 Å². The summed E-state index contributed by atoms with van der Waals surface area (Å²) < 4.78 is 0.833. The van der Waals surface area contributed by atoms with Crippen LogP contribution in [0.3, 0.4) is 0 Å². The molecule has 0 aromatic heterocycles. The van der Waals surface area contributed by atoms with Crippen LogP contribution >= 0.6 is 11.8 Å². The minimum Gasteiger partial charge on any atom is -0.370 e. The third-order valence-electron chi connectivity index (χ3n) is 1.38. The van der Waals surface area contributed by atoms with Crippen molar-refractivity contribution in [2.24, 2.45) is 16.5 Å². The number of carbonyl (C=O) groups excluding carboxylic acids is 1. The van der Waals surface area contributed by atoms with Crippen molar-refractivity contribution in [3.05, 3.63) is 30.3 Å². The second-order valence-electron chi connectivity index (χ2n) is 2.44. The SMILES string of the molecule is NC(N)=NC(=O)N(Cl)c1ccccc1. The zero-order valence-electron chi connectivity index (χ0n) is 7.22. The molecule has 14 heavy (non-hydrogen) atoms. The smallest absolute Gasteiger partial charge is 0.366 e. The van der Waals surface area contributed by atoms with Gasteiger partial charge in [-0.05, 0) is 12.1 Å². The van der Waals surface area contributed by atoms with Gasteiger partial charge in [-0.15, -0.1) is 0 Å². The largest absolute Gasteiger partial charge is 0.370 e. The molecule has 0 radical (unpaired) electrons. The Bertz CT molecular complexity index is 348. The van der Waals surface area contributed by atoms with Crippen LogP contribution in [0.4, 0.5) is 10.5 Å². The molecule has 0 saturated carbocycles. The molecule has 0 heterocycles. The predicted octanol–water partition coefficient (Wildman–Crippen LogP) is 1.04. The second kappa shape index (κ2) is 4.48. The molecule has 1 aromatic carbocycles. The number of rotatable bonds is 1. The van der Waals surface area contributed by atoms with Crippen molar-refractivity contribution < 1.29 is 4.79 Å². The Balaban J connectivity index is 2.81. The summed E-state index contributed by atoms with van der Waals surface area (Å²) in [6, 6.07) is 7.89. The zero-order chi connectivity index (χ0) is 10.6. The van der Waals surface area contributed by atoms with E-state index in [1.807, 2.05) is 0 Å². The molecule has 0 spiro atoms. The van der Waals surface area contributed by atoms with Crippen molar-refractivity contribution in [2.45, 2.75) is 0 Å². The van der Waals surface area contributed by atoms with Crippen molar-refractivity contribution >= 4 is 29.5 Å². The van der Waals surface area contributed by atoms with Crippen LogP contribution in [-0.4, -0.2) is 12.0 Å². The first-order valence-corrected chi connectivity index (χ1v) is 4.09. The number of para-hydroxylation sites is 1. The second-order valence-corrected chi connectivity index (χ2v) is 2.77. The molecule has 0 unspecified atom stereocenters. The van der Waals surface area contributed by atoms with Gasteiger partial charge in [0.1, 0.15) is 0 Å². The van der Waals surface area contributed by atoms with Gasteiger partial charge in [0.05, 0.1) is 5.69 Å². The highest BCUT2D eigenvalue weighted by Gasteiger charge is 2.11. The summed E-state index contributed by atoms with van der Waals surface area (Å²) in [5.41, 5.74) is 10.6. The van der Waals surface area contributed by atoms with Gasteiger partial charge < -0.3 is 11.5 Å². The monoisotopic (exact) mass is 212 g/mol. The van der Waals surface area contributed by atoms with Crippen LogP contribution in [-0.2, 0) is 0 Å². The van der Waals surface area contributed by atoms with Crippen LogP contribution in [0.25, 0.3) is 0 Å². The number of guanidine groups is 1. The summed E-state index contributed by atoms with van der Waals surface area (Å²) in [5, 5.41) is 0. The Morgan fingerprint density at radius 2 is 1.86 bits per heavy atom. The average Bonchev–Trinajstić information content (AvgIpc) is 2.17.